The van der Waals surface area contributed by atoms with Crippen LogP contribution >= 0.6 is 31.9 Å². The number of hydrogen-bond acceptors (Lipinski definition) is 2. The average Bonchev–Trinajstić information content (AvgIpc) is 2.37. The Morgan fingerprint density at radius 3 is 2.00 bits per heavy atom. The van der Waals surface area contributed by atoms with Gasteiger partial charge in [-0.25, -0.2) is 8.42 Å². The quantitative estimate of drug-likeness (QED) is 0.746. The lowest BCUT2D eigenvalue weighted by Gasteiger charge is -2.14. The molecule has 0 saturated heterocycles. The average molecular weight is 433 g/mol. The Morgan fingerprint density at radius 1 is 0.905 bits per heavy atom. The van der Waals surface area contributed by atoms with Gasteiger partial charge in [-0.05, 0) is 67.8 Å². The largest absolute Gasteiger partial charge is 0.279 e. The fraction of sp³-hybridized carbons (Fsp3) is 0.200. The van der Waals surface area contributed by atoms with E-state index in [0.29, 0.717) is 5.69 Å². The molecule has 0 spiro atoms. The number of nitrogens with one attached hydrogen (secondary N) is 1. The molecule has 0 bridgehead atoms. The summed E-state index contributed by atoms with van der Waals surface area (Å²) in [5, 5.41) is 0. The normalized spacial score (nSPS) is 11.5. The summed E-state index contributed by atoms with van der Waals surface area (Å²) in [5.74, 6) is 0. The van der Waals surface area contributed by atoms with Gasteiger partial charge in [0.05, 0.1) is 10.6 Å². The summed E-state index contributed by atoms with van der Waals surface area (Å²) in [6.07, 6.45) is 0. The van der Waals surface area contributed by atoms with E-state index in [2.05, 4.69) is 36.6 Å². The van der Waals surface area contributed by atoms with Crippen molar-refractivity contribution in [1.82, 2.24) is 0 Å². The van der Waals surface area contributed by atoms with Crippen LogP contribution in [0.2, 0.25) is 0 Å². The summed E-state index contributed by atoms with van der Waals surface area (Å²) in [4.78, 5) is 0.255. The second-order valence-electron chi connectivity index (χ2n) is 4.93. The lowest BCUT2D eigenvalue weighted by atomic mass is 10.1. The summed E-state index contributed by atoms with van der Waals surface area (Å²) in [5.41, 5.74) is 3.25. The maximum atomic E-state index is 12.5. The monoisotopic (exact) mass is 431 g/mol. The van der Waals surface area contributed by atoms with E-state index in [0.717, 1.165) is 25.6 Å². The maximum Gasteiger partial charge on any atom is 0.261 e. The predicted octanol–water partition coefficient (Wildman–Crippen LogP) is 4.94. The first-order chi connectivity index (χ1) is 9.70. The van der Waals surface area contributed by atoms with Crippen molar-refractivity contribution < 1.29 is 8.42 Å². The Hall–Kier alpha value is -0.850. The van der Waals surface area contributed by atoms with E-state index in [1.807, 2.05) is 32.9 Å². The first-order valence-corrected chi connectivity index (χ1v) is 9.33. The zero-order valence-corrected chi connectivity index (χ0v) is 15.9. The van der Waals surface area contributed by atoms with Crippen LogP contribution in [0, 0.1) is 20.8 Å². The summed E-state index contributed by atoms with van der Waals surface area (Å²) in [6, 6.07) is 8.75. The van der Waals surface area contributed by atoms with Gasteiger partial charge in [0.15, 0.2) is 0 Å². The van der Waals surface area contributed by atoms with E-state index in [4.69, 9.17) is 0 Å². The first-order valence-electron chi connectivity index (χ1n) is 6.26. The molecule has 0 atom stereocenters. The molecule has 0 heterocycles. The Kier molecular flexibility index (Phi) is 4.80. The lowest BCUT2D eigenvalue weighted by Crippen LogP contribution is -2.15. The molecule has 0 aliphatic heterocycles. The molecule has 0 aliphatic carbocycles. The van der Waals surface area contributed by atoms with Crippen LogP contribution in [0.1, 0.15) is 16.7 Å². The predicted molar refractivity (Wildman–Crippen MR) is 93.3 cm³/mol. The van der Waals surface area contributed by atoms with Gasteiger partial charge >= 0.3 is 0 Å². The highest BCUT2D eigenvalue weighted by atomic mass is 79.9. The fourth-order valence-electron chi connectivity index (χ4n) is 2.05. The topological polar surface area (TPSA) is 46.2 Å². The van der Waals surface area contributed by atoms with Crippen molar-refractivity contribution in [2.75, 3.05) is 4.72 Å². The van der Waals surface area contributed by atoms with E-state index in [9.17, 15) is 8.42 Å². The number of benzene rings is 2. The van der Waals surface area contributed by atoms with Gasteiger partial charge in [-0.3, -0.25) is 4.72 Å². The van der Waals surface area contributed by atoms with Crippen molar-refractivity contribution in [3.05, 3.63) is 56.0 Å². The van der Waals surface area contributed by atoms with Crippen molar-refractivity contribution >= 4 is 47.6 Å². The molecule has 0 unspecified atom stereocenters. The van der Waals surface area contributed by atoms with Crippen LogP contribution in [-0.4, -0.2) is 8.42 Å². The zero-order chi connectivity index (χ0) is 15.8. The molecule has 3 nitrogen and oxygen atoms in total. The second kappa shape index (κ2) is 6.10. The second-order valence-corrected chi connectivity index (χ2v) is 8.38. The van der Waals surface area contributed by atoms with Gasteiger partial charge < -0.3 is 0 Å². The number of aryl methyl sites for hydroxylation is 3. The summed E-state index contributed by atoms with van der Waals surface area (Å²) in [6.45, 7) is 5.62. The smallest absolute Gasteiger partial charge is 0.261 e. The molecule has 0 radical (unpaired) electrons. The molecule has 0 fully saturated rings. The molecule has 6 heteroatoms. The third-order valence-corrected chi connectivity index (χ3v) is 5.87. The summed E-state index contributed by atoms with van der Waals surface area (Å²) in [7, 11) is -3.60. The minimum atomic E-state index is -3.60. The number of sulfonamides is 1. The molecule has 2 rings (SSSR count). The minimum Gasteiger partial charge on any atom is -0.279 e. The number of halogens is 2. The molecule has 0 aliphatic rings. The summed E-state index contributed by atoms with van der Waals surface area (Å²) >= 11 is 6.78. The van der Waals surface area contributed by atoms with E-state index >= 15 is 0 Å². The van der Waals surface area contributed by atoms with Crippen LogP contribution in [0.3, 0.4) is 0 Å². The molecule has 21 heavy (non-hydrogen) atoms. The molecule has 0 amide bonds. The van der Waals surface area contributed by atoms with Crippen LogP contribution in [-0.2, 0) is 10.0 Å². The molecular formula is C15H15Br2NO2S. The standard InChI is InChI=1S/C15H15Br2NO2S/c1-9-8-13(4-5-14(9)17)21(19,20)18-15-10(2)6-12(16)7-11(15)3/h4-8,18H,1-3H3. The highest BCUT2D eigenvalue weighted by Crippen LogP contribution is 2.28. The highest BCUT2D eigenvalue weighted by Gasteiger charge is 2.17. The molecule has 0 aromatic heterocycles. The van der Waals surface area contributed by atoms with Gasteiger partial charge in [0.2, 0.25) is 0 Å². The van der Waals surface area contributed by atoms with Crippen LogP contribution in [0.4, 0.5) is 5.69 Å². The van der Waals surface area contributed by atoms with Crippen LogP contribution < -0.4 is 4.72 Å². The van der Waals surface area contributed by atoms with Crippen LogP contribution in [0.15, 0.2) is 44.2 Å². The van der Waals surface area contributed by atoms with E-state index < -0.39 is 10.0 Å². The molecule has 112 valence electrons. The van der Waals surface area contributed by atoms with Crippen molar-refractivity contribution in [3.63, 3.8) is 0 Å². The van der Waals surface area contributed by atoms with Gasteiger partial charge in [0, 0.05) is 8.95 Å². The first kappa shape index (κ1) is 16.5. The van der Waals surface area contributed by atoms with Gasteiger partial charge in [-0.2, -0.15) is 0 Å². The highest BCUT2D eigenvalue weighted by molar-refractivity contribution is 9.10. The number of rotatable bonds is 3. The molecule has 0 saturated carbocycles. The molecule has 2 aromatic carbocycles. The van der Waals surface area contributed by atoms with Crippen LogP contribution in [0.5, 0.6) is 0 Å². The molecule has 1 N–H and O–H groups in total. The Labute approximate surface area is 142 Å². The van der Waals surface area contributed by atoms with Gasteiger partial charge in [0.25, 0.3) is 10.0 Å². The zero-order valence-electron chi connectivity index (χ0n) is 11.9. The lowest BCUT2D eigenvalue weighted by molar-refractivity contribution is 0.601. The minimum absolute atomic E-state index is 0.255. The summed E-state index contributed by atoms with van der Waals surface area (Å²) < 4.78 is 29.5. The Bertz CT molecular complexity index is 778. The van der Waals surface area contributed by atoms with Crippen LogP contribution in [0.25, 0.3) is 0 Å². The third-order valence-electron chi connectivity index (χ3n) is 3.17. The van der Waals surface area contributed by atoms with Crippen molar-refractivity contribution in [1.29, 1.82) is 0 Å². The number of anilines is 1. The fourth-order valence-corrected chi connectivity index (χ4v) is 4.27. The van der Waals surface area contributed by atoms with Gasteiger partial charge in [-0.15, -0.1) is 0 Å². The Morgan fingerprint density at radius 2 is 1.48 bits per heavy atom. The van der Waals surface area contributed by atoms with Gasteiger partial charge in [0.1, 0.15) is 0 Å². The Balaban J connectivity index is 2.44. The maximum absolute atomic E-state index is 12.5. The molecular weight excluding hydrogens is 418 g/mol. The van der Waals surface area contributed by atoms with Crippen molar-refractivity contribution in [3.8, 4) is 0 Å². The number of hydrogen-bond donors (Lipinski definition) is 1. The SMILES string of the molecule is Cc1cc(S(=O)(=O)Nc2c(C)cc(Br)cc2C)ccc1Br. The van der Waals surface area contributed by atoms with Gasteiger partial charge in [-0.1, -0.05) is 31.9 Å². The molecule has 2 aromatic rings. The van der Waals surface area contributed by atoms with E-state index in [1.165, 1.54) is 0 Å². The van der Waals surface area contributed by atoms with Crippen molar-refractivity contribution in [2.45, 2.75) is 25.7 Å². The third kappa shape index (κ3) is 3.67. The van der Waals surface area contributed by atoms with E-state index in [1.54, 1.807) is 18.2 Å². The van der Waals surface area contributed by atoms with E-state index in [-0.39, 0.29) is 4.90 Å². The van der Waals surface area contributed by atoms with Crippen molar-refractivity contribution in [2.24, 2.45) is 0 Å².